The van der Waals surface area contributed by atoms with Gasteiger partial charge < -0.3 is 14.6 Å². The summed E-state index contributed by atoms with van der Waals surface area (Å²) >= 11 is 3.20. The second kappa shape index (κ2) is 9.17. The molecule has 0 atom stereocenters. The third kappa shape index (κ3) is 5.70. The summed E-state index contributed by atoms with van der Waals surface area (Å²) in [5.74, 6) is 0.194. The monoisotopic (exact) mass is 405 g/mol. The van der Waals surface area contributed by atoms with E-state index in [0.717, 1.165) is 45.7 Å². The highest BCUT2D eigenvalue weighted by Gasteiger charge is 2.16. The number of amides is 1. The van der Waals surface area contributed by atoms with Crippen molar-refractivity contribution in [3.05, 3.63) is 58.5 Å². The Balaban J connectivity index is 1.30. The number of carbonyl (C=O) groups is 1. The molecule has 25 heavy (non-hydrogen) atoms. The van der Waals surface area contributed by atoms with E-state index in [1.165, 1.54) is 5.56 Å². The summed E-state index contributed by atoms with van der Waals surface area (Å²) in [6.07, 6.45) is 0.951. The lowest BCUT2D eigenvalue weighted by Gasteiger charge is -2.34. The van der Waals surface area contributed by atoms with Crippen LogP contribution in [0.15, 0.2) is 51.6 Å². The number of benzene rings is 1. The number of nitrogens with zero attached hydrogens (tertiary/aromatic N) is 2. The van der Waals surface area contributed by atoms with Gasteiger partial charge in [-0.2, -0.15) is 0 Å². The zero-order valence-corrected chi connectivity index (χ0v) is 15.9. The second-order valence-electron chi connectivity index (χ2n) is 6.32. The molecule has 2 aromatic rings. The molecule has 1 saturated heterocycles. The number of carbonyl (C=O) groups excluding carboxylic acids is 1. The fourth-order valence-corrected chi connectivity index (χ4v) is 3.35. The first-order valence-corrected chi connectivity index (χ1v) is 9.52. The Morgan fingerprint density at radius 3 is 2.44 bits per heavy atom. The van der Waals surface area contributed by atoms with Gasteiger partial charge in [-0.3, -0.25) is 9.69 Å². The quantitative estimate of drug-likeness (QED) is 0.719. The maximum atomic E-state index is 11.9. The Kier molecular flexibility index (Phi) is 6.67. The summed E-state index contributed by atoms with van der Waals surface area (Å²) < 4.78 is 5.82. The van der Waals surface area contributed by atoms with Crippen molar-refractivity contribution < 1.29 is 9.21 Å². The Morgan fingerprint density at radius 1 is 1.04 bits per heavy atom. The minimum atomic E-state index is -0.154. The molecule has 0 bridgehead atoms. The fourth-order valence-electron chi connectivity index (χ4n) is 3.04. The fraction of sp³-hybridized carbons (Fsp3) is 0.421. The van der Waals surface area contributed by atoms with Crippen LogP contribution >= 0.6 is 15.9 Å². The molecular weight excluding hydrogens is 382 g/mol. The number of hydrogen-bond donors (Lipinski definition) is 1. The number of rotatable bonds is 7. The Hall–Kier alpha value is -1.63. The molecule has 3 rings (SSSR count). The van der Waals surface area contributed by atoms with Crippen molar-refractivity contribution in [2.45, 2.75) is 13.0 Å². The van der Waals surface area contributed by atoms with Crippen LogP contribution in [0, 0.1) is 0 Å². The van der Waals surface area contributed by atoms with E-state index in [0.29, 0.717) is 17.0 Å². The zero-order chi connectivity index (χ0) is 17.5. The highest BCUT2D eigenvalue weighted by atomic mass is 79.9. The van der Waals surface area contributed by atoms with Gasteiger partial charge in [0, 0.05) is 39.3 Å². The standard InChI is InChI=1S/C19H24BrN3O2/c20-18-8-7-17(25-18)19(24)21-9-4-10-22-11-13-23(14-12-22)15-16-5-2-1-3-6-16/h1-3,5-8H,4,9-15H2,(H,21,24). The first-order valence-electron chi connectivity index (χ1n) is 8.73. The van der Waals surface area contributed by atoms with Gasteiger partial charge in [0.05, 0.1) is 0 Å². The van der Waals surface area contributed by atoms with Crippen molar-refractivity contribution in [1.82, 2.24) is 15.1 Å². The lowest BCUT2D eigenvalue weighted by atomic mass is 10.2. The predicted octanol–water partition coefficient (Wildman–Crippen LogP) is 2.98. The summed E-state index contributed by atoms with van der Waals surface area (Å²) in [6, 6.07) is 14.0. The van der Waals surface area contributed by atoms with Crippen LogP contribution in [0.5, 0.6) is 0 Å². The van der Waals surface area contributed by atoms with Gasteiger partial charge >= 0.3 is 0 Å². The summed E-state index contributed by atoms with van der Waals surface area (Å²) in [7, 11) is 0. The van der Waals surface area contributed by atoms with Crippen molar-refractivity contribution in [2.24, 2.45) is 0 Å². The van der Waals surface area contributed by atoms with E-state index < -0.39 is 0 Å². The maximum Gasteiger partial charge on any atom is 0.287 e. The molecule has 0 aliphatic carbocycles. The minimum absolute atomic E-state index is 0.154. The number of furan rings is 1. The highest BCUT2D eigenvalue weighted by molar-refractivity contribution is 9.10. The number of piperazine rings is 1. The van der Waals surface area contributed by atoms with Gasteiger partial charge in [-0.1, -0.05) is 30.3 Å². The van der Waals surface area contributed by atoms with E-state index >= 15 is 0 Å². The molecule has 134 valence electrons. The largest absolute Gasteiger partial charge is 0.444 e. The first kappa shape index (κ1) is 18.2. The second-order valence-corrected chi connectivity index (χ2v) is 7.10. The third-order valence-electron chi connectivity index (χ3n) is 4.45. The summed E-state index contributed by atoms with van der Waals surface area (Å²) in [6.45, 7) is 7.09. The third-order valence-corrected chi connectivity index (χ3v) is 4.87. The van der Waals surface area contributed by atoms with Crippen LogP contribution in [-0.4, -0.2) is 55.0 Å². The molecule has 0 spiro atoms. The average molecular weight is 406 g/mol. The number of hydrogen-bond acceptors (Lipinski definition) is 4. The molecule has 1 amide bonds. The van der Waals surface area contributed by atoms with Gasteiger partial charge in [0.1, 0.15) is 0 Å². The molecule has 0 saturated carbocycles. The van der Waals surface area contributed by atoms with E-state index in [4.69, 9.17) is 4.42 Å². The van der Waals surface area contributed by atoms with Crippen LogP contribution < -0.4 is 5.32 Å². The number of halogens is 1. The van der Waals surface area contributed by atoms with Gasteiger partial charge in [0.15, 0.2) is 10.4 Å². The average Bonchev–Trinajstić information content (AvgIpc) is 3.07. The normalized spacial score (nSPS) is 16.0. The molecule has 0 radical (unpaired) electrons. The zero-order valence-electron chi connectivity index (χ0n) is 14.3. The molecule has 5 nitrogen and oxygen atoms in total. The first-order chi connectivity index (χ1) is 12.2. The Bertz CT molecular complexity index is 666. The lowest BCUT2D eigenvalue weighted by Crippen LogP contribution is -2.46. The van der Waals surface area contributed by atoms with Gasteiger partial charge in [-0.05, 0) is 46.6 Å². The maximum absolute atomic E-state index is 11.9. The molecule has 6 heteroatoms. The minimum Gasteiger partial charge on any atom is -0.444 e. The smallest absolute Gasteiger partial charge is 0.287 e. The van der Waals surface area contributed by atoms with Crippen molar-refractivity contribution in [2.75, 3.05) is 39.3 Å². The van der Waals surface area contributed by atoms with Crippen LogP contribution in [0.1, 0.15) is 22.5 Å². The van der Waals surface area contributed by atoms with Crippen molar-refractivity contribution in [3.8, 4) is 0 Å². The molecule has 2 heterocycles. The van der Waals surface area contributed by atoms with Crippen molar-refractivity contribution in [3.63, 3.8) is 0 Å². The van der Waals surface area contributed by atoms with Gasteiger partial charge in [0.2, 0.25) is 0 Å². The van der Waals surface area contributed by atoms with E-state index in [1.807, 2.05) is 0 Å². The van der Waals surface area contributed by atoms with Crippen LogP contribution in [0.25, 0.3) is 0 Å². The molecule has 0 unspecified atom stereocenters. The summed E-state index contributed by atoms with van der Waals surface area (Å²) in [4.78, 5) is 16.9. The van der Waals surface area contributed by atoms with Crippen molar-refractivity contribution in [1.29, 1.82) is 0 Å². The van der Waals surface area contributed by atoms with E-state index in [2.05, 4.69) is 61.4 Å². The van der Waals surface area contributed by atoms with Crippen LogP contribution in [0.2, 0.25) is 0 Å². The summed E-state index contributed by atoms with van der Waals surface area (Å²) in [5.41, 5.74) is 1.38. The lowest BCUT2D eigenvalue weighted by molar-refractivity contribution is 0.0918. The predicted molar refractivity (Wildman–Crippen MR) is 102 cm³/mol. The van der Waals surface area contributed by atoms with E-state index in [1.54, 1.807) is 12.1 Å². The van der Waals surface area contributed by atoms with Crippen LogP contribution in [0.4, 0.5) is 0 Å². The molecule has 1 aliphatic rings. The number of nitrogens with one attached hydrogen (secondary N) is 1. The van der Waals surface area contributed by atoms with Crippen LogP contribution in [0.3, 0.4) is 0 Å². The Morgan fingerprint density at radius 2 is 1.76 bits per heavy atom. The SMILES string of the molecule is O=C(NCCCN1CCN(Cc2ccccc2)CC1)c1ccc(Br)o1. The van der Waals surface area contributed by atoms with Gasteiger partial charge in [-0.25, -0.2) is 0 Å². The molecule has 1 fully saturated rings. The van der Waals surface area contributed by atoms with Crippen molar-refractivity contribution >= 4 is 21.8 Å². The van der Waals surface area contributed by atoms with E-state index in [9.17, 15) is 4.79 Å². The summed E-state index contributed by atoms with van der Waals surface area (Å²) in [5, 5.41) is 2.90. The van der Waals surface area contributed by atoms with Crippen LogP contribution in [-0.2, 0) is 6.54 Å². The molecule has 1 N–H and O–H groups in total. The highest BCUT2D eigenvalue weighted by Crippen LogP contribution is 2.13. The Labute approximate surface area is 157 Å². The van der Waals surface area contributed by atoms with E-state index in [-0.39, 0.29) is 5.91 Å². The molecule has 1 aromatic carbocycles. The molecule has 1 aliphatic heterocycles. The molecule has 1 aromatic heterocycles. The van der Waals surface area contributed by atoms with Gasteiger partial charge in [-0.15, -0.1) is 0 Å². The molecular formula is C19H24BrN3O2. The topological polar surface area (TPSA) is 48.7 Å². The van der Waals surface area contributed by atoms with Gasteiger partial charge in [0.25, 0.3) is 5.91 Å².